The van der Waals surface area contributed by atoms with E-state index in [0.29, 0.717) is 11.7 Å². The number of carbonyl (C=O) groups excluding carboxylic acids is 1. The maximum absolute atomic E-state index is 12.8. The SMILES string of the molecule is Cc1nc2sc3ccccc3n2c1C(=O)NC1CCCCC1. The number of carbonyl (C=O) groups is 1. The first-order valence-corrected chi connectivity index (χ1v) is 8.73. The van der Waals surface area contributed by atoms with Crippen LogP contribution < -0.4 is 5.32 Å². The second-order valence-electron chi connectivity index (χ2n) is 6.04. The molecule has 0 aliphatic heterocycles. The number of nitrogens with one attached hydrogen (secondary N) is 1. The molecular weight excluding hydrogens is 294 g/mol. The third-order valence-electron chi connectivity index (χ3n) is 4.48. The largest absolute Gasteiger partial charge is 0.348 e. The summed E-state index contributed by atoms with van der Waals surface area (Å²) in [7, 11) is 0. The van der Waals surface area contributed by atoms with Gasteiger partial charge in [0.2, 0.25) is 0 Å². The quantitative estimate of drug-likeness (QED) is 0.779. The van der Waals surface area contributed by atoms with Crippen LogP contribution in [0.15, 0.2) is 24.3 Å². The van der Waals surface area contributed by atoms with Gasteiger partial charge in [0.05, 0.1) is 15.9 Å². The minimum absolute atomic E-state index is 0.0143. The lowest BCUT2D eigenvalue weighted by Gasteiger charge is -2.22. The predicted molar refractivity (Wildman–Crippen MR) is 89.7 cm³/mol. The number of thiazole rings is 1. The van der Waals surface area contributed by atoms with Crippen LogP contribution in [0.4, 0.5) is 0 Å². The van der Waals surface area contributed by atoms with E-state index in [1.165, 1.54) is 19.3 Å². The number of imidazole rings is 1. The normalized spacial score (nSPS) is 16.4. The number of aromatic nitrogens is 2. The van der Waals surface area contributed by atoms with E-state index < -0.39 is 0 Å². The van der Waals surface area contributed by atoms with Crippen LogP contribution in [0.1, 0.15) is 48.3 Å². The summed E-state index contributed by atoms with van der Waals surface area (Å²) in [6, 6.07) is 8.47. The zero-order valence-corrected chi connectivity index (χ0v) is 13.4. The Labute approximate surface area is 133 Å². The van der Waals surface area contributed by atoms with Crippen LogP contribution in [-0.4, -0.2) is 21.3 Å². The zero-order chi connectivity index (χ0) is 15.1. The van der Waals surface area contributed by atoms with Crippen LogP contribution in [0, 0.1) is 6.92 Å². The highest BCUT2D eigenvalue weighted by atomic mass is 32.1. The van der Waals surface area contributed by atoms with Gasteiger partial charge >= 0.3 is 0 Å². The monoisotopic (exact) mass is 313 g/mol. The average molecular weight is 313 g/mol. The molecule has 1 N–H and O–H groups in total. The van der Waals surface area contributed by atoms with Crippen LogP contribution in [0.2, 0.25) is 0 Å². The van der Waals surface area contributed by atoms with Gasteiger partial charge < -0.3 is 5.32 Å². The van der Waals surface area contributed by atoms with Gasteiger partial charge in [-0.25, -0.2) is 4.98 Å². The Bertz CT molecular complexity index is 842. The molecule has 1 amide bonds. The smallest absolute Gasteiger partial charge is 0.270 e. The van der Waals surface area contributed by atoms with Crippen molar-refractivity contribution in [2.24, 2.45) is 0 Å². The minimum atomic E-state index is 0.0143. The molecule has 4 nitrogen and oxygen atoms in total. The Morgan fingerprint density at radius 2 is 2.05 bits per heavy atom. The molecule has 114 valence electrons. The molecule has 1 fully saturated rings. The summed E-state index contributed by atoms with van der Waals surface area (Å²) in [5.74, 6) is 0.0143. The molecule has 22 heavy (non-hydrogen) atoms. The van der Waals surface area contributed by atoms with Crippen molar-refractivity contribution in [3.63, 3.8) is 0 Å². The summed E-state index contributed by atoms with van der Waals surface area (Å²) in [5.41, 5.74) is 2.57. The van der Waals surface area contributed by atoms with Gasteiger partial charge in [-0.1, -0.05) is 42.7 Å². The number of rotatable bonds is 2. The highest BCUT2D eigenvalue weighted by molar-refractivity contribution is 7.23. The molecule has 2 aromatic heterocycles. The molecule has 3 aromatic rings. The third kappa shape index (κ3) is 2.20. The Morgan fingerprint density at radius 3 is 2.86 bits per heavy atom. The zero-order valence-electron chi connectivity index (χ0n) is 12.6. The van der Waals surface area contributed by atoms with Crippen molar-refractivity contribution < 1.29 is 4.79 Å². The lowest BCUT2D eigenvalue weighted by Crippen LogP contribution is -2.37. The van der Waals surface area contributed by atoms with Crippen LogP contribution in [0.25, 0.3) is 15.2 Å². The van der Waals surface area contributed by atoms with Crippen molar-refractivity contribution in [1.82, 2.24) is 14.7 Å². The van der Waals surface area contributed by atoms with E-state index in [2.05, 4.69) is 22.4 Å². The van der Waals surface area contributed by atoms with E-state index in [1.807, 2.05) is 23.5 Å². The second-order valence-corrected chi connectivity index (χ2v) is 7.05. The number of para-hydroxylation sites is 1. The Morgan fingerprint density at radius 1 is 1.27 bits per heavy atom. The summed E-state index contributed by atoms with van der Waals surface area (Å²) < 4.78 is 3.17. The van der Waals surface area contributed by atoms with Crippen molar-refractivity contribution in [3.8, 4) is 0 Å². The number of hydrogen-bond donors (Lipinski definition) is 1. The maximum atomic E-state index is 12.8. The Balaban J connectivity index is 1.76. The Kier molecular flexibility index (Phi) is 3.37. The summed E-state index contributed by atoms with van der Waals surface area (Å²) in [4.78, 5) is 18.3. The van der Waals surface area contributed by atoms with E-state index >= 15 is 0 Å². The molecule has 2 heterocycles. The second kappa shape index (κ2) is 5.39. The van der Waals surface area contributed by atoms with E-state index in [1.54, 1.807) is 11.3 Å². The fourth-order valence-electron chi connectivity index (χ4n) is 3.39. The van der Waals surface area contributed by atoms with Crippen molar-refractivity contribution in [1.29, 1.82) is 0 Å². The van der Waals surface area contributed by atoms with Gasteiger partial charge in [0.1, 0.15) is 5.69 Å². The molecule has 0 unspecified atom stereocenters. The molecule has 0 radical (unpaired) electrons. The van der Waals surface area contributed by atoms with Crippen molar-refractivity contribution in [2.75, 3.05) is 0 Å². The van der Waals surface area contributed by atoms with Gasteiger partial charge in [0.25, 0.3) is 5.91 Å². The first-order valence-electron chi connectivity index (χ1n) is 7.91. The summed E-state index contributed by atoms with van der Waals surface area (Å²) in [6.45, 7) is 1.92. The summed E-state index contributed by atoms with van der Waals surface area (Å²) in [5, 5.41) is 3.21. The van der Waals surface area contributed by atoms with Crippen LogP contribution in [0.5, 0.6) is 0 Å². The molecule has 1 aromatic carbocycles. The number of fused-ring (bicyclic) bond motifs is 3. The molecule has 0 spiro atoms. The summed E-state index contributed by atoms with van der Waals surface area (Å²) >= 11 is 1.63. The van der Waals surface area contributed by atoms with Gasteiger partial charge in [-0.05, 0) is 31.9 Å². The molecule has 0 bridgehead atoms. The van der Waals surface area contributed by atoms with Gasteiger partial charge in [-0.2, -0.15) is 0 Å². The van der Waals surface area contributed by atoms with Crippen LogP contribution in [0.3, 0.4) is 0 Å². The molecule has 0 saturated heterocycles. The van der Waals surface area contributed by atoms with Crippen molar-refractivity contribution in [2.45, 2.75) is 45.1 Å². The van der Waals surface area contributed by atoms with Crippen molar-refractivity contribution >= 4 is 32.4 Å². The standard InChI is InChI=1S/C17H19N3OS/c1-11-15(16(21)19-12-7-3-2-4-8-12)20-13-9-5-6-10-14(13)22-17(20)18-11/h5-6,9-10,12H,2-4,7-8H2,1H3,(H,19,21). The van der Waals surface area contributed by atoms with Gasteiger partial charge in [0, 0.05) is 6.04 Å². The van der Waals surface area contributed by atoms with E-state index in [-0.39, 0.29) is 5.91 Å². The van der Waals surface area contributed by atoms with E-state index in [9.17, 15) is 4.79 Å². The number of nitrogens with zero attached hydrogens (tertiary/aromatic N) is 2. The molecular formula is C17H19N3OS. The third-order valence-corrected chi connectivity index (χ3v) is 5.51. The lowest BCUT2D eigenvalue weighted by atomic mass is 9.95. The van der Waals surface area contributed by atoms with Gasteiger partial charge in [-0.3, -0.25) is 9.20 Å². The average Bonchev–Trinajstić information content (AvgIpc) is 3.02. The van der Waals surface area contributed by atoms with E-state index in [4.69, 9.17) is 0 Å². The van der Waals surface area contributed by atoms with Crippen LogP contribution in [-0.2, 0) is 0 Å². The number of hydrogen-bond acceptors (Lipinski definition) is 3. The van der Waals surface area contributed by atoms with Crippen LogP contribution >= 0.6 is 11.3 Å². The van der Waals surface area contributed by atoms with Gasteiger partial charge in [0.15, 0.2) is 4.96 Å². The Hall–Kier alpha value is -1.88. The highest BCUT2D eigenvalue weighted by Gasteiger charge is 2.23. The molecule has 4 rings (SSSR count). The highest BCUT2D eigenvalue weighted by Crippen LogP contribution is 2.28. The predicted octanol–water partition coefficient (Wildman–Crippen LogP) is 3.92. The fraction of sp³-hybridized carbons (Fsp3) is 0.412. The molecule has 1 saturated carbocycles. The number of amides is 1. The number of aryl methyl sites for hydroxylation is 1. The fourth-order valence-corrected chi connectivity index (χ4v) is 4.46. The molecule has 5 heteroatoms. The first-order chi connectivity index (χ1) is 10.7. The number of benzene rings is 1. The van der Waals surface area contributed by atoms with E-state index in [0.717, 1.165) is 33.7 Å². The maximum Gasteiger partial charge on any atom is 0.270 e. The van der Waals surface area contributed by atoms with Crippen molar-refractivity contribution in [3.05, 3.63) is 35.7 Å². The molecule has 1 aliphatic carbocycles. The lowest BCUT2D eigenvalue weighted by molar-refractivity contribution is 0.0921. The first kappa shape index (κ1) is 13.8. The molecule has 0 atom stereocenters. The topological polar surface area (TPSA) is 46.4 Å². The summed E-state index contributed by atoms with van der Waals surface area (Å²) in [6.07, 6.45) is 5.91. The van der Waals surface area contributed by atoms with Gasteiger partial charge in [-0.15, -0.1) is 0 Å². The molecule has 1 aliphatic rings. The minimum Gasteiger partial charge on any atom is -0.348 e.